The molecule has 32 heavy (non-hydrogen) atoms. The first kappa shape index (κ1) is 20.0. The maximum Gasteiger partial charge on any atom is 0.290 e. The Morgan fingerprint density at radius 1 is 0.938 bits per heavy atom. The standard InChI is InChI=1S/C26H23NO5/c1-27(16-18-11-12-23-24(15-18)30-14-13-29-23)26(28)25-21(17-31-19-7-3-2-4-8-19)20-9-5-6-10-22(20)32-25/h2-12,15H,13-14,16-17H2,1H3. The minimum atomic E-state index is -0.206. The number of carbonyl (C=O) groups is 1. The van der Waals surface area contributed by atoms with Gasteiger partial charge >= 0.3 is 0 Å². The fraction of sp³-hybridized carbons (Fsp3) is 0.192. The van der Waals surface area contributed by atoms with E-state index in [0.29, 0.717) is 36.9 Å². The first-order valence-corrected chi connectivity index (χ1v) is 10.5. The van der Waals surface area contributed by atoms with Gasteiger partial charge in [-0.15, -0.1) is 0 Å². The second kappa shape index (κ2) is 8.67. The lowest BCUT2D eigenvalue weighted by molar-refractivity contribution is 0.0752. The van der Waals surface area contributed by atoms with Crippen molar-refractivity contribution in [3.8, 4) is 17.2 Å². The molecule has 6 heteroatoms. The SMILES string of the molecule is CN(Cc1ccc2c(c1)OCCO2)C(=O)c1oc2ccccc2c1COc1ccccc1. The zero-order valence-electron chi connectivity index (χ0n) is 17.7. The van der Waals surface area contributed by atoms with E-state index in [4.69, 9.17) is 18.6 Å². The van der Waals surface area contributed by atoms with Crippen LogP contribution in [0.2, 0.25) is 0 Å². The topological polar surface area (TPSA) is 61.1 Å². The third kappa shape index (κ3) is 3.99. The van der Waals surface area contributed by atoms with Crippen LogP contribution < -0.4 is 14.2 Å². The van der Waals surface area contributed by atoms with E-state index in [1.54, 1.807) is 11.9 Å². The molecule has 1 aromatic heterocycles. The lowest BCUT2D eigenvalue weighted by Gasteiger charge is -2.21. The van der Waals surface area contributed by atoms with Crippen LogP contribution in [0.1, 0.15) is 21.7 Å². The molecular formula is C26H23NO5. The van der Waals surface area contributed by atoms with Gasteiger partial charge in [0, 0.05) is 24.5 Å². The van der Waals surface area contributed by atoms with Crippen molar-refractivity contribution in [2.45, 2.75) is 13.2 Å². The Morgan fingerprint density at radius 3 is 2.53 bits per heavy atom. The van der Waals surface area contributed by atoms with Gasteiger partial charge in [-0.3, -0.25) is 4.79 Å². The summed E-state index contributed by atoms with van der Waals surface area (Å²) in [5.41, 5.74) is 2.35. The van der Waals surface area contributed by atoms with Crippen LogP contribution in [0.25, 0.3) is 11.0 Å². The predicted molar refractivity (Wildman–Crippen MR) is 120 cm³/mol. The third-order valence-electron chi connectivity index (χ3n) is 5.39. The number of hydrogen-bond donors (Lipinski definition) is 0. The van der Waals surface area contributed by atoms with Gasteiger partial charge in [0.05, 0.1) is 0 Å². The molecular weight excluding hydrogens is 406 g/mol. The van der Waals surface area contributed by atoms with Gasteiger partial charge in [0.25, 0.3) is 5.91 Å². The molecule has 2 heterocycles. The number of rotatable bonds is 6. The molecule has 0 aliphatic carbocycles. The van der Waals surface area contributed by atoms with Crippen molar-refractivity contribution < 1.29 is 23.4 Å². The molecule has 0 saturated carbocycles. The minimum absolute atomic E-state index is 0.206. The average molecular weight is 429 g/mol. The Balaban J connectivity index is 1.39. The van der Waals surface area contributed by atoms with Crippen molar-refractivity contribution in [3.05, 3.63) is 89.7 Å². The van der Waals surface area contributed by atoms with Gasteiger partial charge in [-0.25, -0.2) is 0 Å². The van der Waals surface area contributed by atoms with Crippen molar-refractivity contribution in [1.82, 2.24) is 4.90 Å². The number of benzene rings is 3. The fourth-order valence-electron chi connectivity index (χ4n) is 3.79. The zero-order valence-corrected chi connectivity index (χ0v) is 17.7. The van der Waals surface area contributed by atoms with Gasteiger partial charge in [-0.2, -0.15) is 0 Å². The predicted octanol–water partition coefficient (Wildman–Crippen LogP) is 5.06. The second-order valence-corrected chi connectivity index (χ2v) is 7.65. The monoisotopic (exact) mass is 429 g/mol. The van der Waals surface area contributed by atoms with E-state index >= 15 is 0 Å². The highest BCUT2D eigenvalue weighted by Gasteiger charge is 2.24. The first-order chi connectivity index (χ1) is 15.7. The first-order valence-electron chi connectivity index (χ1n) is 10.5. The molecule has 1 aliphatic rings. The van der Waals surface area contributed by atoms with Crippen molar-refractivity contribution >= 4 is 16.9 Å². The minimum Gasteiger partial charge on any atom is -0.489 e. The molecule has 1 amide bonds. The van der Waals surface area contributed by atoms with Crippen molar-refractivity contribution in [2.24, 2.45) is 0 Å². The molecule has 0 saturated heterocycles. The Morgan fingerprint density at radius 2 is 1.69 bits per heavy atom. The molecule has 0 bridgehead atoms. The Hall–Kier alpha value is -3.93. The zero-order chi connectivity index (χ0) is 21.9. The third-order valence-corrected chi connectivity index (χ3v) is 5.39. The Bertz CT molecular complexity index is 1250. The number of nitrogens with zero attached hydrogens (tertiary/aromatic N) is 1. The van der Waals surface area contributed by atoms with E-state index < -0.39 is 0 Å². The number of amides is 1. The molecule has 5 rings (SSSR count). The second-order valence-electron chi connectivity index (χ2n) is 7.65. The number of para-hydroxylation sites is 2. The molecule has 0 unspecified atom stereocenters. The summed E-state index contributed by atoms with van der Waals surface area (Å²) in [6, 6.07) is 22.9. The molecule has 0 N–H and O–H groups in total. The van der Waals surface area contributed by atoms with Crippen LogP contribution >= 0.6 is 0 Å². The van der Waals surface area contributed by atoms with E-state index in [-0.39, 0.29) is 12.5 Å². The summed E-state index contributed by atoms with van der Waals surface area (Å²) in [7, 11) is 1.76. The van der Waals surface area contributed by atoms with Gasteiger partial charge in [0.2, 0.25) is 0 Å². The molecule has 4 aromatic rings. The summed E-state index contributed by atoms with van der Waals surface area (Å²) in [4.78, 5) is 15.0. The summed E-state index contributed by atoms with van der Waals surface area (Å²) < 4.78 is 23.2. The van der Waals surface area contributed by atoms with Crippen LogP contribution in [0.3, 0.4) is 0 Å². The van der Waals surface area contributed by atoms with Gasteiger partial charge < -0.3 is 23.5 Å². The largest absolute Gasteiger partial charge is 0.489 e. The highest BCUT2D eigenvalue weighted by molar-refractivity contribution is 5.99. The maximum absolute atomic E-state index is 13.4. The molecule has 3 aromatic carbocycles. The molecule has 0 radical (unpaired) electrons. The summed E-state index contributed by atoms with van der Waals surface area (Å²) in [6.45, 7) is 1.71. The average Bonchev–Trinajstić information content (AvgIpc) is 3.21. The summed E-state index contributed by atoms with van der Waals surface area (Å²) in [5, 5.41) is 0.875. The Labute approximate surface area is 185 Å². The molecule has 1 aliphatic heterocycles. The van der Waals surface area contributed by atoms with Crippen molar-refractivity contribution in [2.75, 3.05) is 20.3 Å². The lowest BCUT2D eigenvalue weighted by atomic mass is 10.1. The Kier molecular flexibility index (Phi) is 5.42. The van der Waals surface area contributed by atoms with Gasteiger partial charge in [0.1, 0.15) is 31.2 Å². The van der Waals surface area contributed by atoms with E-state index in [1.807, 2.05) is 72.8 Å². The van der Waals surface area contributed by atoms with Gasteiger partial charge in [-0.05, 0) is 35.9 Å². The lowest BCUT2D eigenvalue weighted by Crippen LogP contribution is -2.27. The summed E-state index contributed by atoms with van der Waals surface area (Å²) in [5.74, 6) is 2.26. The van der Waals surface area contributed by atoms with Crippen LogP contribution in [0.5, 0.6) is 17.2 Å². The quantitative estimate of drug-likeness (QED) is 0.429. The smallest absolute Gasteiger partial charge is 0.290 e. The van der Waals surface area contributed by atoms with E-state index in [9.17, 15) is 4.79 Å². The number of furan rings is 1. The molecule has 0 fully saturated rings. The van der Waals surface area contributed by atoms with Crippen LogP contribution in [-0.2, 0) is 13.2 Å². The number of fused-ring (bicyclic) bond motifs is 2. The molecule has 0 spiro atoms. The highest BCUT2D eigenvalue weighted by Crippen LogP contribution is 2.32. The van der Waals surface area contributed by atoms with E-state index in [2.05, 4.69) is 0 Å². The van der Waals surface area contributed by atoms with Gasteiger partial charge in [-0.1, -0.05) is 42.5 Å². The van der Waals surface area contributed by atoms with Gasteiger partial charge in [0.15, 0.2) is 17.3 Å². The van der Waals surface area contributed by atoms with Crippen LogP contribution in [0.4, 0.5) is 0 Å². The number of carbonyl (C=O) groups excluding carboxylic acids is 1. The van der Waals surface area contributed by atoms with Crippen molar-refractivity contribution in [3.63, 3.8) is 0 Å². The molecule has 0 atom stereocenters. The van der Waals surface area contributed by atoms with E-state index in [1.165, 1.54) is 0 Å². The van der Waals surface area contributed by atoms with Crippen molar-refractivity contribution in [1.29, 1.82) is 0 Å². The summed E-state index contributed by atoms with van der Waals surface area (Å²) >= 11 is 0. The molecule has 162 valence electrons. The van der Waals surface area contributed by atoms with Crippen LogP contribution in [-0.4, -0.2) is 31.1 Å². The van der Waals surface area contributed by atoms with Crippen LogP contribution in [0, 0.1) is 0 Å². The normalized spacial score (nSPS) is 12.5. The summed E-state index contributed by atoms with van der Waals surface area (Å²) in [6.07, 6.45) is 0. The maximum atomic E-state index is 13.4. The molecule has 6 nitrogen and oxygen atoms in total. The van der Waals surface area contributed by atoms with E-state index in [0.717, 1.165) is 28.0 Å². The highest BCUT2D eigenvalue weighted by atomic mass is 16.6. The number of hydrogen-bond acceptors (Lipinski definition) is 5. The fourth-order valence-corrected chi connectivity index (χ4v) is 3.79. The number of ether oxygens (including phenoxy) is 3. The van der Waals surface area contributed by atoms with Crippen LogP contribution in [0.15, 0.2) is 77.2 Å².